The third-order valence-corrected chi connectivity index (χ3v) is 5.42. The number of primary amides is 1. The number of hydrogen-bond donors (Lipinski definition) is 1. The van der Waals surface area contributed by atoms with Crippen molar-refractivity contribution in [2.75, 3.05) is 13.1 Å². The smallest absolute Gasteiger partial charge is 0.337 e. The summed E-state index contributed by atoms with van der Waals surface area (Å²) in [6.07, 6.45) is 2.85. The molecule has 160 valence electrons. The first-order valence-corrected chi connectivity index (χ1v) is 10.2. The van der Waals surface area contributed by atoms with E-state index in [0.29, 0.717) is 24.5 Å². The SMILES string of the molecule is Cc1cc(C(=O)N2CCCCC2)c2c(=O)n(CC(N)=O)c(=O)n(-c3ccccc3)c2n1. The maximum absolute atomic E-state index is 13.4. The van der Waals surface area contributed by atoms with Gasteiger partial charge < -0.3 is 10.6 Å². The molecule has 0 bridgehead atoms. The molecule has 4 rings (SSSR count). The van der Waals surface area contributed by atoms with Crippen LogP contribution in [-0.4, -0.2) is 43.9 Å². The van der Waals surface area contributed by atoms with Crippen LogP contribution in [0.15, 0.2) is 46.0 Å². The summed E-state index contributed by atoms with van der Waals surface area (Å²) < 4.78 is 2.02. The van der Waals surface area contributed by atoms with Gasteiger partial charge in [0.15, 0.2) is 5.65 Å². The maximum Gasteiger partial charge on any atom is 0.337 e. The van der Waals surface area contributed by atoms with Crippen molar-refractivity contribution in [2.24, 2.45) is 5.73 Å². The molecule has 0 spiro atoms. The lowest BCUT2D eigenvalue weighted by molar-refractivity contribution is -0.118. The molecule has 0 aliphatic carbocycles. The molecule has 3 heterocycles. The molecular formula is C22H23N5O4. The molecular weight excluding hydrogens is 398 g/mol. The van der Waals surface area contributed by atoms with Crippen LogP contribution in [0.1, 0.15) is 35.3 Å². The number of nitrogens with two attached hydrogens (primary N) is 1. The Labute approximate surface area is 177 Å². The Bertz CT molecular complexity index is 1290. The molecule has 9 heteroatoms. The van der Waals surface area contributed by atoms with E-state index < -0.39 is 23.7 Å². The van der Waals surface area contributed by atoms with Crippen molar-refractivity contribution in [3.8, 4) is 5.69 Å². The number of nitrogens with zero attached hydrogens (tertiary/aromatic N) is 4. The van der Waals surface area contributed by atoms with Crippen molar-refractivity contribution in [2.45, 2.75) is 32.7 Å². The second-order valence-electron chi connectivity index (χ2n) is 7.67. The quantitative estimate of drug-likeness (QED) is 0.673. The van der Waals surface area contributed by atoms with Gasteiger partial charge in [0.2, 0.25) is 5.91 Å². The molecule has 1 aromatic carbocycles. The molecule has 0 radical (unpaired) electrons. The van der Waals surface area contributed by atoms with Crippen LogP contribution in [0.3, 0.4) is 0 Å². The van der Waals surface area contributed by atoms with E-state index in [2.05, 4.69) is 4.98 Å². The number of fused-ring (bicyclic) bond motifs is 1. The molecule has 0 unspecified atom stereocenters. The van der Waals surface area contributed by atoms with E-state index in [1.807, 2.05) is 0 Å². The van der Waals surface area contributed by atoms with Gasteiger partial charge >= 0.3 is 5.69 Å². The minimum absolute atomic E-state index is 0.00544. The minimum Gasteiger partial charge on any atom is -0.368 e. The Morgan fingerprint density at radius 2 is 1.74 bits per heavy atom. The van der Waals surface area contributed by atoms with Crippen molar-refractivity contribution >= 4 is 22.8 Å². The summed E-state index contributed by atoms with van der Waals surface area (Å²) in [6, 6.07) is 10.2. The topological polar surface area (TPSA) is 120 Å². The fourth-order valence-corrected chi connectivity index (χ4v) is 4.00. The van der Waals surface area contributed by atoms with Crippen LogP contribution in [0.4, 0.5) is 0 Å². The number of likely N-dealkylation sites (tertiary alicyclic amines) is 1. The van der Waals surface area contributed by atoms with Gasteiger partial charge in [0.25, 0.3) is 11.5 Å². The van der Waals surface area contributed by atoms with Gasteiger partial charge in [-0.15, -0.1) is 0 Å². The zero-order chi connectivity index (χ0) is 22.1. The number of piperidine rings is 1. The molecule has 3 aromatic rings. The monoisotopic (exact) mass is 421 g/mol. The predicted octanol–water partition coefficient (Wildman–Crippen LogP) is 0.967. The van der Waals surface area contributed by atoms with Crippen molar-refractivity contribution in [1.29, 1.82) is 0 Å². The molecule has 0 atom stereocenters. The standard InChI is InChI=1S/C22H23N5O4/c1-14-12-16(20(29)25-10-6-3-7-11-25)18-19(24-14)27(15-8-4-2-5-9-15)22(31)26(21(18)30)13-17(23)28/h2,4-5,8-9,12H,3,6-7,10-11,13H2,1H3,(H2,23,28). The summed E-state index contributed by atoms with van der Waals surface area (Å²) in [7, 11) is 0. The summed E-state index contributed by atoms with van der Waals surface area (Å²) in [5, 5.41) is 0.00544. The summed E-state index contributed by atoms with van der Waals surface area (Å²) in [5.74, 6) is -1.11. The summed E-state index contributed by atoms with van der Waals surface area (Å²) in [5.41, 5.74) is 5.04. The molecule has 2 amide bonds. The molecule has 2 aromatic heterocycles. The van der Waals surface area contributed by atoms with Crippen molar-refractivity contribution < 1.29 is 9.59 Å². The van der Waals surface area contributed by atoms with E-state index in [4.69, 9.17) is 5.73 Å². The van der Waals surface area contributed by atoms with Gasteiger partial charge in [0.1, 0.15) is 6.54 Å². The van der Waals surface area contributed by atoms with Gasteiger partial charge in [0, 0.05) is 18.8 Å². The van der Waals surface area contributed by atoms with E-state index in [1.165, 1.54) is 4.57 Å². The van der Waals surface area contributed by atoms with Gasteiger partial charge in [-0.05, 0) is 44.4 Å². The average Bonchev–Trinajstić information content (AvgIpc) is 2.76. The summed E-state index contributed by atoms with van der Waals surface area (Å²) >= 11 is 0. The van der Waals surface area contributed by atoms with Gasteiger partial charge in [0.05, 0.1) is 16.6 Å². The second kappa shape index (κ2) is 8.17. The normalized spacial score (nSPS) is 14.0. The van der Waals surface area contributed by atoms with Crippen LogP contribution in [0.2, 0.25) is 0 Å². The first kappa shape index (κ1) is 20.5. The van der Waals surface area contributed by atoms with Crippen LogP contribution in [0, 0.1) is 6.92 Å². The number of benzene rings is 1. The van der Waals surface area contributed by atoms with Crippen molar-refractivity contribution in [1.82, 2.24) is 19.0 Å². The number of aromatic nitrogens is 3. The lowest BCUT2D eigenvalue weighted by Crippen LogP contribution is -2.44. The predicted molar refractivity (Wildman–Crippen MR) is 115 cm³/mol. The number of rotatable bonds is 4. The number of aryl methyl sites for hydroxylation is 1. The van der Waals surface area contributed by atoms with E-state index in [-0.39, 0.29) is 22.5 Å². The fraction of sp³-hybridized carbons (Fsp3) is 0.318. The molecule has 1 saturated heterocycles. The van der Waals surface area contributed by atoms with Gasteiger partial charge in [-0.25, -0.2) is 18.9 Å². The highest BCUT2D eigenvalue weighted by Gasteiger charge is 2.26. The number of carbonyl (C=O) groups excluding carboxylic acids is 2. The Kier molecular flexibility index (Phi) is 5.41. The van der Waals surface area contributed by atoms with E-state index in [0.717, 1.165) is 23.8 Å². The molecule has 9 nitrogen and oxygen atoms in total. The van der Waals surface area contributed by atoms with E-state index in [9.17, 15) is 19.2 Å². The Balaban J connectivity index is 2.09. The molecule has 1 aliphatic heterocycles. The Morgan fingerprint density at radius 3 is 2.39 bits per heavy atom. The molecule has 1 aliphatic rings. The number of amides is 2. The molecule has 0 saturated carbocycles. The number of carbonyl (C=O) groups is 2. The third kappa shape index (κ3) is 3.74. The zero-order valence-corrected chi connectivity index (χ0v) is 17.2. The largest absolute Gasteiger partial charge is 0.368 e. The van der Waals surface area contributed by atoms with Crippen LogP contribution in [0.5, 0.6) is 0 Å². The Morgan fingerprint density at radius 1 is 1.06 bits per heavy atom. The van der Waals surface area contributed by atoms with Gasteiger partial charge in [-0.1, -0.05) is 18.2 Å². The van der Waals surface area contributed by atoms with Crippen LogP contribution in [0.25, 0.3) is 16.7 Å². The fourth-order valence-electron chi connectivity index (χ4n) is 4.00. The lowest BCUT2D eigenvalue weighted by Gasteiger charge is -2.27. The maximum atomic E-state index is 13.4. The first-order chi connectivity index (χ1) is 14.9. The Hall–Kier alpha value is -3.75. The zero-order valence-electron chi connectivity index (χ0n) is 17.2. The van der Waals surface area contributed by atoms with E-state index >= 15 is 0 Å². The van der Waals surface area contributed by atoms with E-state index in [1.54, 1.807) is 48.2 Å². The third-order valence-electron chi connectivity index (χ3n) is 5.42. The number of hydrogen-bond acceptors (Lipinski definition) is 5. The summed E-state index contributed by atoms with van der Waals surface area (Å²) in [4.78, 5) is 57.7. The van der Waals surface area contributed by atoms with Crippen molar-refractivity contribution in [3.63, 3.8) is 0 Å². The van der Waals surface area contributed by atoms with Crippen LogP contribution >= 0.6 is 0 Å². The second-order valence-corrected chi connectivity index (χ2v) is 7.67. The average molecular weight is 421 g/mol. The van der Waals surface area contributed by atoms with Crippen LogP contribution in [-0.2, 0) is 11.3 Å². The highest BCUT2D eigenvalue weighted by molar-refractivity contribution is 6.05. The lowest BCUT2D eigenvalue weighted by atomic mass is 10.1. The van der Waals surface area contributed by atoms with Gasteiger partial charge in [-0.2, -0.15) is 0 Å². The van der Waals surface area contributed by atoms with Gasteiger partial charge in [-0.3, -0.25) is 14.4 Å². The number of pyridine rings is 1. The molecule has 2 N–H and O–H groups in total. The molecule has 1 fully saturated rings. The molecule has 31 heavy (non-hydrogen) atoms. The highest BCUT2D eigenvalue weighted by Crippen LogP contribution is 2.21. The summed E-state index contributed by atoms with van der Waals surface area (Å²) in [6.45, 7) is 2.33. The first-order valence-electron chi connectivity index (χ1n) is 10.2. The minimum atomic E-state index is -0.831. The van der Waals surface area contributed by atoms with Crippen molar-refractivity contribution in [3.05, 3.63) is 68.5 Å². The highest BCUT2D eigenvalue weighted by atomic mass is 16.2. The van der Waals surface area contributed by atoms with Crippen LogP contribution < -0.4 is 17.0 Å². The number of para-hydroxylation sites is 1.